The predicted molar refractivity (Wildman–Crippen MR) is 67.6 cm³/mol. The fourth-order valence-electron chi connectivity index (χ4n) is 1.90. The molecule has 1 fully saturated rings. The number of nitrogens with zero attached hydrogens (tertiary/aromatic N) is 2. The fourth-order valence-corrected chi connectivity index (χ4v) is 2.33. The van der Waals surface area contributed by atoms with Gasteiger partial charge >= 0.3 is 0 Å². The van der Waals surface area contributed by atoms with Gasteiger partial charge in [-0.1, -0.05) is 23.2 Å². The molecule has 6 heteroatoms. The third kappa shape index (κ3) is 3.09. The highest BCUT2D eigenvalue weighted by atomic mass is 35.5. The Kier molecular flexibility index (Phi) is 3.86. The van der Waals surface area contributed by atoms with Gasteiger partial charge in [0.1, 0.15) is 10.3 Å². The van der Waals surface area contributed by atoms with E-state index < -0.39 is 0 Å². The summed E-state index contributed by atoms with van der Waals surface area (Å²) in [5.41, 5.74) is 0.366. The lowest BCUT2D eigenvalue weighted by molar-refractivity contribution is 0.0938. The van der Waals surface area contributed by atoms with Gasteiger partial charge < -0.3 is 10.2 Å². The molecule has 0 aliphatic carbocycles. The third-order valence-electron chi connectivity index (χ3n) is 2.79. The monoisotopic (exact) mass is 273 g/mol. The van der Waals surface area contributed by atoms with E-state index in [-0.39, 0.29) is 22.3 Å². The number of amides is 1. The topological polar surface area (TPSA) is 45.2 Å². The molecule has 0 saturated carbocycles. The number of carbonyl (C=O) groups excluding carboxylic acids is 1. The lowest BCUT2D eigenvalue weighted by atomic mass is 10.2. The molecule has 2 heterocycles. The molecule has 1 atom stereocenters. The lowest BCUT2D eigenvalue weighted by Crippen LogP contribution is -2.36. The average Bonchev–Trinajstić information content (AvgIpc) is 2.63. The number of nitrogens with one attached hydrogen (secondary N) is 1. The molecule has 1 aliphatic heterocycles. The van der Waals surface area contributed by atoms with Crippen molar-refractivity contribution in [3.8, 4) is 0 Å². The Morgan fingerprint density at radius 3 is 2.88 bits per heavy atom. The predicted octanol–water partition coefficient (Wildman–Crippen LogP) is 1.82. The number of likely N-dealkylation sites (tertiary alicyclic amines) is 1. The standard InChI is InChI=1S/C11H13Cl2N3O/c1-16-5-4-7(6-16)14-11(17)8-2-3-9(12)15-10(8)13/h2-3,7H,4-6H2,1H3,(H,14,17). The Bertz CT molecular complexity index is 439. The first-order valence-electron chi connectivity index (χ1n) is 5.37. The van der Waals surface area contributed by atoms with Crippen molar-refractivity contribution in [2.45, 2.75) is 12.5 Å². The van der Waals surface area contributed by atoms with Crippen molar-refractivity contribution in [2.24, 2.45) is 0 Å². The highest BCUT2D eigenvalue weighted by molar-refractivity contribution is 6.34. The molecule has 92 valence electrons. The number of carbonyl (C=O) groups is 1. The molecule has 2 rings (SSSR count). The Hall–Kier alpha value is -0.840. The summed E-state index contributed by atoms with van der Waals surface area (Å²) in [7, 11) is 2.03. The van der Waals surface area contributed by atoms with Crippen molar-refractivity contribution in [1.29, 1.82) is 0 Å². The number of pyridine rings is 1. The first-order chi connectivity index (χ1) is 8.06. The van der Waals surface area contributed by atoms with Crippen molar-refractivity contribution in [3.63, 3.8) is 0 Å². The smallest absolute Gasteiger partial charge is 0.254 e. The Morgan fingerprint density at radius 1 is 1.53 bits per heavy atom. The molecule has 1 N–H and O–H groups in total. The van der Waals surface area contributed by atoms with Gasteiger partial charge in [0.2, 0.25) is 0 Å². The molecule has 4 nitrogen and oxygen atoms in total. The minimum atomic E-state index is -0.195. The van der Waals surface area contributed by atoms with E-state index in [0.717, 1.165) is 19.5 Å². The summed E-state index contributed by atoms with van der Waals surface area (Å²) < 4.78 is 0. The largest absolute Gasteiger partial charge is 0.348 e. The van der Waals surface area contributed by atoms with Crippen molar-refractivity contribution < 1.29 is 4.79 Å². The highest BCUT2D eigenvalue weighted by Crippen LogP contribution is 2.17. The number of rotatable bonds is 2. The summed E-state index contributed by atoms with van der Waals surface area (Å²) in [4.78, 5) is 18.0. The summed E-state index contributed by atoms with van der Waals surface area (Å²) in [5.74, 6) is -0.195. The molecule has 1 aromatic rings. The zero-order chi connectivity index (χ0) is 12.4. The third-order valence-corrected chi connectivity index (χ3v) is 3.28. The molecule has 1 amide bonds. The van der Waals surface area contributed by atoms with Crippen LogP contribution in [0.4, 0.5) is 0 Å². The van der Waals surface area contributed by atoms with Crippen LogP contribution in [-0.2, 0) is 0 Å². The van der Waals surface area contributed by atoms with Gasteiger partial charge in [0.05, 0.1) is 5.56 Å². The van der Waals surface area contributed by atoms with Crippen molar-refractivity contribution in [2.75, 3.05) is 20.1 Å². The minimum absolute atomic E-state index is 0.140. The van der Waals surface area contributed by atoms with Crippen molar-refractivity contribution in [3.05, 3.63) is 28.0 Å². The molecular weight excluding hydrogens is 261 g/mol. The van der Waals surface area contributed by atoms with E-state index in [1.165, 1.54) is 0 Å². The second kappa shape index (κ2) is 5.21. The normalized spacial score (nSPS) is 20.5. The van der Waals surface area contributed by atoms with E-state index in [1.807, 2.05) is 7.05 Å². The van der Waals surface area contributed by atoms with Crippen LogP contribution < -0.4 is 5.32 Å². The Balaban J connectivity index is 2.04. The van der Waals surface area contributed by atoms with Gasteiger partial charge in [-0.05, 0) is 32.1 Å². The highest BCUT2D eigenvalue weighted by Gasteiger charge is 2.22. The first kappa shape index (κ1) is 12.6. The molecular formula is C11H13Cl2N3O. The molecule has 1 unspecified atom stereocenters. The van der Waals surface area contributed by atoms with Crippen LogP contribution in [0, 0.1) is 0 Å². The van der Waals surface area contributed by atoms with Crippen LogP contribution in [0.1, 0.15) is 16.8 Å². The molecule has 0 radical (unpaired) electrons. The molecule has 1 aromatic heterocycles. The average molecular weight is 274 g/mol. The van der Waals surface area contributed by atoms with Crippen LogP contribution in [0.15, 0.2) is 12.1 Å². The quantitative estimate of drug-likeness (QED) is 0.837. The maximum atomic E-state index is 11.9. The lowest BCUT2D eigenvalue weighted by Gasteiger charge is -2.13. The van der Waals surface area contributed by atoms with Crippen LogP contribution >= 0.6 is 23.2 Å². The second-order valence-electron chi connectivity index (χ2n) is 4.19. The van der Waals surface area contributed by atoms with E-state index in [1.54, 1.807) is 12.1 Å². The summed E-state index contributed by atoms with van der Waals surface area (Å²) in [6.45, 7) is 1.86. The van der Waals surface area contributed by atoms with E-state index in [2.05, 4.69) is 15.2 Å². The zero-order valence-corrected chi connectivity index (χ0v) is 10.9. The maximum Gasteiger partial charge on any atom is 0.254 e. The SMILES string of the molecule is CN1CCC(NC(=O)c2ccc(Cl)nc2Cl)C1. The summed E-state index contributed by atoms with van der Waals surface area (Å²) in [6.07, 6.45) is 0.959. The fraction of sp³-hybridized carbons (Fsp3) is 0.455. The Labute approximate surface area is 110 Å². The number of aromatic nitrogens is 1. The van der Waals surface area contributed by atoms with E-state index in [9.17, 15) is 4.79 Å². The van der Waals surface area contributed by atoms with Gasteiger partial charge in [-0.15, -0.1) is 0 Å². The van der Waals surface area contributed by atoms with Gasteiger partial charge in [-0.3, -0.25) is 4.79 Å². The molecule has 1 aliphatic rings. The van der Waals surface area contributed by atoms with Gasteiger partial charge in [-0.25, -0.2) is 4.98 Å². The molecule has 17 heavy (non-hydrogen) atoms. The number of hydrogen-bond donors (Lipinski definition) is 1. The van der Waals surface area contributed by atoms with E-state index in [0.29, 0.717) is 5.56 Å². The maximum absolute atomic E-state index is 11.9. The van der Waals surface area contributed by atoms with Crippen LogP contribution in [0.25, 0.3) is 0 Å². The first-order valence-corrected chi connectivity index (χ1v) is 6.13. The van der Waals surface area contributed by atoms with Gasteiger partial charge in [-0.2, -0.15) is 0 Å². The van der Waals surface area contributed by atoms with E-state index in [4.69, 9.17) is 23.2 Å². The van der Waals surface area contributed by atoms with Crippen molar-refractivity contribution >= 4 is 29.1 Å². The Morgan fingerprint density at radius 2 is 2.29 bits per heavy atom. The molecule has 0 bridgehead atoms. The van der Waals surface area contributed by atoms with Gasteiger partial charge in [0.15, 0.2) is 0 Å². The molecule has 0 aromatic carbocycles. The number of likely N-dealkylation sites (N-methyl/N-ethyl adjacent to an activating group) is 1. The second-order valence-corrected chi connectivity index (χ2v) is 4.94. The molecule has 0 spiro atoms. The summed E-state index contributed by atoms with van der Waals surface area (Å²) in [5, 5.41) is 3.36. The van der Waals surface area contributed by atoms with Crippen LogP contribution in [-0.4, -0.2) is 42.0 Å². The minimum Gasteiger partial charge on any atom is -0.348 e. The van der Waals surface area contributed by atoms with Crippen LogP contribution in [0.2, 0.25) is 10.3 Å². The van der Waals surface area contributed by atoms with Crippen LogP contribution in [0.3, 0.4) is 0 Å². The summed E-state index contributed by atoms with van der Waals surface area (Å²) >= 11 is 11.5. The molecule has 1 saturated heterocycles. The van der Waals surface area contributed by atoms with Crippen LogP contribution in [0.5, 0.6) is 0 Å². The van der Waals surface area contributed by atoms with Gasteiger partial charge in [0, 0.05) is 12.6 Å². The number of halogens is 2. The summed E-state index contributed by atoms with van der Waals surface area (Å²) in [6, 6.07) is 3.33. The van der Waals surface area contributed by atoms with Crippen molar-refractivity contribution in [1.82, 2.24) is 15.2 Å². The van der Waals surface area contributed by atoms with Gasteiger partial charge in [0.25, 0.3) is 5.91 Å². The number of hydrogen-bond acceptors (Lipinski definition) is 3. The van der Waals surface area contributed by atoms with E-state index >= 15 is 0 Å². The zero-order valence-electron chi connectivity index (χ0n) is 9.41.